The quantitative estimate of drug-likeness (QED) is 0.378. The Hall–Kier alpha value is -2.37. The van der Waals surface area contributed by atoms with Gasteiger partial charge >= 0.3 is 5.97 Å². The minimum atomic E-state index is -0.582. The molecule has 0 radical (unpaired) electrons. The van der Waals surface area contributed by atoms with Gasteiger partial charge in [0.25, 0.3) is 11.8 Å². The summed E-state index contributed by atoms with van der Waals surface area (Å²) in [7, 11) is 0. The molecule has 0 atom stereocenters. The van der Waals surface area contributed by atoms with E-state index >= 15 is 0 Å². The molecular weight excluding hydrogens is 260 g/mol. The number of carbonyl (C=O) groups excluding carboxylic acids is 3. The predicted molar refractivity (Wildman–Crippen MR) is 72.1 cm³/mol. The molecule has 0 fully saturated rings. The van der Waals surface area contributed by atoms with E-state index in [-0.39, 0.29) is 17.7 Å². The molecule has 2 amide bonds. The number of ether oxygens (including phenoxy) is 1. The molecular formula is C14H16N2O4. The number of rotatable bonds is 5. The highest BCUT2D eigenvalue weighted by Gasteiger charge is 2.36. The summed E-state index contributed by atoms with van der Waals surface area (Å²) in [6.45, 7) is 1.91. The Morgan fingerprint density at radius 1 is 1.25 bits per heavy atom. The second kappa shape index (κ2) is 5.73. The third-order valence-electron chi connectivity index (χ3n) is 3.04. The highest BCUT2D eigenvalue weighted by atomic mass is 16.5. The number of amides is 2. The Bertz CT molecular complexity index is 568. The Morgan fingerprint density at radius 3 is 2.65 bits per heavy atom. The number of hydrogen-bond acceptors (Lipinski definition) is 5. The molecule has 1 aliphatic heterocycles. The fourth-order valence-electron chi connectivity index (χ4n) is 1.96. The van der Waals surface area contributed by atoms with Gasteiger partial charge < -0.3 is 10.5 Å². The van der Waals surface area contributed by atoms with E-state index in [2.05, 4.69) is 0 Å². The van der Waals surface area contributed by atoms with Gasteiger partial charge in [0.1, 0.15) is 6.54 Å². The number of benzene rings is 1. The molecule has 0 saturated carbocycles. The number of nitrogen functional groups attached to an aromatic ring is 1. The normalized spacial score (nSPS) is 13.6. The van der Waals surface area contributed by atoms with Crippen molar-refractivity contribution in [1.82, 2.24) is 4.90 Å². The molecule has 0 unspecified atom stereocenters. The van der Waals surface area contributed by atoms with Crippen LogP contribution in [0.25, 0.3) is 0 Å². The molecule has 2 N–H and O–H groups in total. The SMILES string of the molecule is CCCCOC(=O)CN1C(=O)c2ccc(N)cc2C1=O. The Morgan fingerprint density at radius 2 is 1.95 bits per heavy atom. The van der Waals surface area contributed by atoms with Gasteiger partial charge in [0.05, 0.1) is 17.7 Å². The van der Waals surface area contributed by atoms with E-state index in [0.29, 0.717) is 12.3 Å². The molecule has 1 heterocycles. The van der Waals surface area contributed by atoms with E-state index in [1.54, 1.807) is 6.07 Å². The van der Waals surface area contributed by atoms with E-state index in [4.69, 9.17) is 10.5 Å². The van der Waals surface area contributed by atoms with Crippen LogP contribution in [0.2, 0.25) is 0 Å². The minimum Gasteiger partial charge on any atom is -0.464 e. The van der Waals surface area contributed by atoms with E-state index in [1.807, 2.05) is 6.92 Å². The second-order valence-corrected chi connectivity index (χ2v) is 4.58. The van der Waals surface area contributed by atoms with Crippen LogP contribution in [0.5, 0.6) is 0 Å². The van der Waals surface area contributed by atoms with Crippen LogP contribution in [0.3, 0.4) is 0 Å². The van der Waals surface area contributed by atoms with Crippen LogP contribution < -0.4 is 5.73 Å². The van der Waals surface area contributed by atoms with Crippen LogP contribution in [0, 0.1) is 0 Å². The highest BCUT2D eigenvalue weighted by molar-refractivity contribution is 6.22. The van der Waals surface area contributed by atoms with Crippen LogP contribution in [0.15, 0.2) is 18.2 Å². The van der Waals surface area contributed by atoms with Crippen LogP contribution in [0.4, 0.5) is 5.69 Å². The van der Waals surface area contributed by atoms with Crippen LogP contribution in [-0.4, -0.2) is 35.8 Å². The standard InChI is InChI=1S/C14H16N2O4/c1-2-3-6-20-12(17)8-16-13(18)10-5-4-9(15)7-11(10)14(16)19/h4-5,7H,2-3,6,8,15H2,1H3. The van der Waals surface area contributed by atoms with Crippen molar-refractivity contribution < 1.29 is 19.1 Å². The number of carbonyl (C=O) groups is 3. The van der Waals surface area contributed by atoms with Crippen molar-refractivity contribution in [2.24, 2.45) is 0 Å². The highest BCUT2D eigenvalue weighted by Crippen LogP contribution is 2.24. The summed E-state index contributed by atoms with van der Waals surface area (Å²) in [6.07, 6.45) is 1.66. The van der Waals surface area contributed by atoms with Crippen molar-refractivity contribution in [3.63, 3.8) is 0 Å². The van der Waals surface area contributed by atoms with E-state index < -0.39 is 17.8 Å². The van der Waals surface area contributed by atoms with Crippen molar-refractivity contribution in [3.05, 3.63) is 29.3 Å². The third-order valence-corrected chi connectivity index (χ3v) is 3.04. The van der Waals surface area contributed by atoms with Gasteiger partial charge in [-0.25, -0.2) is 0 Å². The van der Waals surface area contributed by atoms with E-state index in [1.165, 1.54) is 12.1 Å². The molecule has 106 valence electrons. The van der Waals surface area contributed by atoms with Crippen molar-refractivity contribution in [2.45, 2.75) is 19.8 Å². The lowest BCUT2D eigenvalue weighted by molar-refractivity contribution is -0.144. The van der Waals surface area contributed by atoms with Crippen molar-refractivity contribution in [3.8, 4) is 0 Å². The largest absolute Gasteiger partial charge is 0.464 e. The first-order chi connectivity index (χ1) is 9.54. The first kappa shape index (κ1) is 14.0. The molecule has 0 saturated heterocycles. The molecule has 6 heteroatoms. The Kier molecular flexibility index (Phi) is 4.02. The molecule has 1 aromatic rings. The lowest BCUT2D eigenvalue weighted by Gasteiger charge is -2.12. The first-order valence-corrected chi connectivity index (χ1v) is 6.46. The molecule has 0 bridgehead atoms. The summed E-state index contributed by atoms with van der Waals surface area (Å²) in [5.74, 6) is -1.58. The molecule has 6 nitrogen and oxygen atoms in total. The summed E-state index contributed by atoms with van der Waals surface area (Å²) in [6, 6.07) is 4.48. The maximum absolute atomic E-state index is 12.1. The van der Waals surface area contributed by atoms with Gasteiger partial charge in [0.2, 0.25) is 0 Å². The molecule has 1 aromatic carbocycles. The van der Waals surface area contributed by atoms with Crippen LogP contribution in [-0.2, 0) is 9.53 Å². The fraction of sp³-hybridized carbons (Fsp3) is 0.357. The first-order valence-electron chi connectivity index (χ1n) is 6.46. The lowest BCUT2D eigenvalue weighted by atomic mass is 10.1. The second-order valence-electron chi connectivity index (χ2n) is 4.58. The number of nitrogens with zero attached hydrogens (tertiary/aromatic N) is 1. The average molecular weight is 276 g/mol. The molecule has 0 aliphatic carbocycles. The van der Waals surface area contributed by atoms with Gasteiger partial charge in [-0.1, -0.05) is 13.3 Å². The van der Waals surface area contributed by atoms with Gasteiger partial charge in [-0.2, -0.15) is 0 Å². The fourth-order valence-corrected chi connectivity index (χ4v) is 1.96. The minimum absolute atomic E-state index is 0.233. The number of nitrogens with two attached hydrogens (primary N) is 1. The average Bonchev–Trinajstić information content (AvgIpc) is 2.64. The van der Waals surface area contributed by atoms with Gasteiger partial charge in [0.15, 0.2) is 0 Å². The maximum atomic E-state index is 12.1. The van der Waals surface area contributed by atoms with E-state index in [0.717, 1.165) is 17.7 Å². The predicted octanol–water partition coefficient (Wildman–Crippen LogP) is 1.21. The molecule has 2 rings (SSSR count). The molecule has 20 heavy (non-hydrogen) atoms. The number of hydrogen-bond donors (Lipinski definition) is 1. The number of imide groups is 1. The third kappa shape index (κ3) is 2.64. The van der Waals surface area contributed by atoms with Gasteiger partial charge in [-0.3, -0.25) is 19.3 Å². The zero-order chi connectivity index (χ0) is 14.7. The number of fused-ring (bicyclic) bond motifs is 1. The Balaban J connectivity index is 2.07. The molecule has 0 spiro atoms. The topological polar surface area (TPSA) is 89.7 Å². The van der Waals surface area contributed by atoms with E-state index in [9.17, 15) is 14.4 Å². The summed E-state index contributed by atoms with van der Waals surface area (Å²) in [4.78, 5) is 36.6. The smallest absolute Gasteiger partial charge is 0.326 e. The summed E-state index contributed by atoms with van der Waals surface area (Å²) < 4.78 is 4.95. The summed E-state index contributed by atoms with van der Waals surface area (Å²) in [5, 5.41) is 0. The monoisotopic (exact) mass is 276 g/mol. The molecule has 1 aliphatic rings. The van der Waals surface area contributed by atoms with Gasteiger partial charge in [0, 0.05) is 5.69 Å². The van der Waals surface area contributed by atoms with Gasteiger partial charge in [-0.15, -0.1) is 0 Å². The summed E-state index contributed by atoms with van der Waals surface area (Å²) >= 11 is 0. The van der Waals surface area contributed by atoms with Crippen LogP contribution in [0.1, 0.15) is 40.5 Å². The van der Waals surface area contributed by atoms with Crippen molar-refractivity contribution in [2.75, 3.05) is 18.9 Å². The van der Waals surface area contributed by atoms with Crippen molar-refractivity contribution >= 4 is 23.5 Å². The van der Waals surface area contributed by atoms with Gasteiger partial charge in [-0.05, 0) is 24.6 Å². The zero-order valence-electron chi connectivity index (χ0n) is 11.2. The maximum Gasteiger partial charge on any atom is 0.326 e. The number of esters is 1. The lowest BCUT2D eigenvalue weighted by Crippen LogP contribution is -2.35. The zero-order valence-corrected chi connectivity index (χ0v) is 11.2. The number of unbranched alkanes of at least 4 members (excludes halogenated alkanes) is 1. The molecule has 0 aromatic heterocycles. The number of anilines is 1. The van der Waals surface area contributed by atoms with Crippen LogP contribution >= 0.6 is 0 Å². The Labute approximate surface area is 116 Å². The summed E-state index contributed by atoms with van der Waals surface area (Å²) in [5.41, 5.74) is 6.49. The van der Waals surface area contributed by atoms with Crippen molar-refractivity contribution in [1.29, 1.82) is 0 Å².